The van der Waals surface area contributed by atoms with Crippen molar-refractivity contribution in [2.45, 2.75) is 57.9 Å². The van der Waals surface area contributed by atoms with Crippen LogP contribution in [0.1, 0.15) is 57.2 Å². The maximum Gasteiger partial charge on any atom is 0.127 e. The first kappa shape index (κ1) is 15.6. The van der Waals surface area contributed by atoms with Crippen LogP contribution in [0.3, 0.4) is 0 Å². The number of imidazole rings is 1. The second-order valence-corrected chi connectivity index (χ2v) is 8.27. The first-order valence-corrected chi connectivity index (χ1v) is 9.36. The molecule has 114 valence electrons. The van der Waals surface area contributed by atoms with Crippen LogP contribution in [0.2, 0.25) is 0 Å². The Morgan fingerprint density at radius 3 is 2.71 bits per heavy atom. The highest BCUT2D eigenvalue weighted by molar-refractivity contribution is 14.1. The Labute approximate surface area is 145 Å². The van der Waals surface area contributed by atoms with Crippen LogP contribution in [-0.4, -0.2) is 9.55 Å². The highest BCUT2D eigenvalue weighted by atomic mass is 127. The molecule has 3 rings (SSSR count). The summed E-state index contributed by atoms with van der Waals surface area (Å²) in [6.07, 6.45) is 6.65. The van der Waals surface area contributed by atoms with Gasteiger partial charge in [-0.3, -0.25) is 0 Å². The quantitative estimate of drug-likeness (QED) is 0.447. The van der Waals surface area contributed by atoms with Crippen molar-refractivity contribution in [1.82, 2.24) is 9.55 Å². The number of hydrogen-bond donors (Lipinski definition) is 0. The molecule has 0 radical (unpaired) electrons. The summed E-state index contributed by atoms with van der Waals surface area (Å²) < 4.78 is 3.61. The van der Waals surface area contributed by atoms with Gasteiger partial charge in [-0.25, -0.2) is 4.98 Å². The molecule has 21 heavy (non-hydrogen) atoms. The lowest BCUT2D eigenvalue weighted by Gasteiger charge is -2.29. The zero-order valence-corrected chi connectivity index (χ0v) is 15.6. The lowest BCUT2D eigenvalue weighted by Crippen LogP contribution is -2.24. The Balaban J connectivity index is 2.09. The number of fused-ring (bicyclic) bond motifs is 1. The number of halogens is 2. The standard InChI is InChI=1S/C17H22ClIN2/c1-3-17(8-4-5-9-17)11-21-15-7-6-13(19)10-14(15)20-16(21)12(2)18/h6-7,10,12H,3-5,8-9,11H2,1-2H3. The number of aromatic nitrogens is 2. The minimum atomic E-state index is -0.0506. The first-order chi connectivity index (χ1) is 10.0. The van der Waals surface area contributed by atoms with Crippen LogP contribution in [0.4, 0.5) is 0 Å². The van der Waals surface area contributed by atoms with Crippen LogP contribution in [-0.2, 0) is 6.54 Å². The molecule has 4 heteroatoms. The van der Waals surface area contributed by atoms with Crippen LogP contribution in [0, 0.1) is 8.99 Å². The Morgan fingerprint density at radius 2 is 2.10 bits per heavy atom. The van der Waals surface area contributed by atoms with Gasteiger partial charge in [0.1, 0.15) is 5.82 Å². The topological polar surface area (TPSA) is 17.8 Å². The minimum Gasteiger partial charge on any atom is -0.326 e. The number of nitrogens with zero attached hydrogens (tertiary/aromatic N) is 2. The van der Waals surface area contributed by atoms with Gasteiger partial charge in [0, 0.05) is 10.1 Å². The highest BCUT2D eigenvalue weighted by Gasteiger charge is 2.33. The summed E-state index contributed by atoms with van der Waals surface area (Å²) in [6, 6.07) is 6.52. The van der Waals surface area contributed by atoms with Crippen LogP contribution in [0.15, 0.2) is 18.2 Å². The molecule has 1 aromatic heterocycles. The lowest BCUT2D eigenvalue weighted by atomic mass is 9.83. The molecule has 1 saturated carbocycles. The number of rotatable bonds is 4. The summed E-state index contributed by atoms with van der Waals surface area (Å²) in [5.74, 6) is 1.02. The van der Waals surface area contributed by atoms with Crippen molar-refractivity contribution < 1.29 is 0 Å². The number of alkyl halides is 1. The van der Waals surface area contributed by atoms with Crippen LogP contribution >= 0.6 is 34.2 Å². The van der Waals surface area contributed by atoms with Gasteiger partial charge in [0.2, 0.25) is 0 Å². The van der Waals surface area contributed by atoms with E-state index in [2.05, 4.69) is 52.3 Å². The third kappa shape index (κ3) is 2.96. The molecule has 1 aliphatic carbocycles. The summed E-state index contributed by atoms with van der Waals surface area (Å²) in [4.78, 5) is 4.81. The van der Waals surface area contributed by atoms with Gasteiger partial charge < -0.3 is 4.57 Å². The Morgan fingerprint density at radius 1 is 1.38 bits per heavy atom. The van der Waals surface area contributed by atoms with Crippen molar-refractivity contribution in [3.05, 3.63) is 27.6 Å². The van der Waals surface area contributed by atoms with Crippen molar-refractivity contribution in [1.29, 1.82) is 0 Å². The molecule has 1 atom stereocenters. The predicted octanol–water partition coefficient (Wildman–Crippen LogP) is 5.91. The lowest BCUT2D eigenvalue weighted by molar-refractivity contribution is 0.237. The molecule has 0 amide bonds. The van der Waals surface area contributed by atoms with Gasteiger partial charge >= 0.3 is 0 Å². The third-order valence-electron chi connectivity index (χ3n) is 5.00. The smallest absolute Gasteiger partial charge is 0.127 e. The molecule has 0 aliphatic heterocycles. The van der Waals surface area contributed by atoms with E-state index in [1.165, 1.54) is 41.2 Å². The van der Waals surface area contributed by atoms with Crippen LogP contribution < -0.4 is 0 Å². The van der Waals surface area contributed by atoms with Crippen molar-refractivity contribution in [2.75, 3.05) is 0 Å². The molecular formula is C17H22ClIN2. The van der Waals surface area contributed by atoms with Crippen molar-refractivity contribution >= 4 is 45.2 Å². The van der Waals surface area contributed by atoms with Gasteiger partial charge in [-0.15, -0.1) is 11.6 Å². The van der Waals surface area contributed by atoms with Crippen LogP contribution in [0.25, 0.3) is 11.0 Å². The van der Waals surface area contributed by atoms with E-state index in [-0.39, 0.29) is 5.38 Å². The second kappa shape index (κ2) is 6.07. The van der Waals surface area contributed by atoms with Crippen molar-refractivity contribution in [2.24, 2.45) is 5.41 Å². The molecule has 2 aromatic rings. The molecule has 2 nitrogen and oxygen atoms in total. The average Bonchev–Trinajstić information content (AvgIpc) is 3.05. The first-order valence-electron chi connectivity index (χ1n) is 7.84. The number of hydrogen-bond acceptors (Lipinski definition) is 1. The molecule has 1 aliphatic rings. The monoisotopic (exact) mass is 416 g/mol. The predicted molar refractivity (Wildman–Crippen MR) is 97.9 cm³/mol. The minimum absolute atomic E-state index is 0.0506. The maximum absolute atomic E-state index is 6.41. The zero-order chi connectivity index (χ0) is 15.0. The van der Waals surface area contributed by atoms with Crippen LogP contribution in [0.5, 0.6) is 0 Å². The Kier molecular flexibility index (Phi) is 4.51. The maximum atomic E-state index is 6.41. The molecule has 1 fully saturated rings. The van der Waals surface area contributed by atoms with E-state index in [4.69, 9.17) is 16.6 Å². The normalized spacial score (nSPS) is 19.2. The summed E-state index contributed by atoms with van der Waals surface area (Å²) >= 11 is 8.75. The molecule has 1 aromatic carbocycles. The van der Waals surface area contributed by atoms with E-state index < -0.39 is 0 Å². The van der Waals surface area contributed by atoms with Crippen molar-refractivity contribution in [3.63, 3.8) is 0 Å². The fraction of sp³-hybridized carbons (Fsp3) is 0.588. The molecule has 1 heterocycles. The van der Waals surface area contributed by atoms with E-state index in [0.29, 0.717) is 5.41 Å². The molecule has 0 bridgehead atoms. The fourth-order valence-electron chi connectivity index (χ4n) is 3.68. The van der Waals surface area contributed by atoms with Gasteiger partial charge in [0.05, 0.1) is 16.4 Å². The van der Waals surface area contributed by atoms with Gasteiger partial charge in [0.15, 0.2) is 0 Å². The van der Waals surface area contributed by atoms with E-state index >= 15 is 0 Å². The SMILES string of the molecule is CCC1(Cn2c(C(C)Cl)nc3cc(I)ccc32)CCCC1. The molecule has 0 N–H and O–H groups in total. The van der Waals surface area contributed by atoms with Gasteiger partial charge in [-0.1, -0.05) is 19.8 Å². The van der Waals surface area contributed by atoms with Gasteiger partial charge in [0.25, 0.3) is 0 Å². The Hall–Kier alpha value is -0.290. The zero-order valence-electron chi connectivity index (χ0n) is 12.7. The molecule has 0 saturated heterocycles. The highest BCUT2D eigenvalue weighted by Crippen LogP contribution is 2.43. The van der Waals surface area contributed by atoms with E-state index in [0.717, 1.165) is 17.9 Å². The molecule has 0 spiro atoms. The fourth-order valence-corrected chi connectivity index (χ4v) is 4.32. The van der Waals surface area contributed by atoms with Crippen molar-refractivity contribution in [3.8, 4) is 0 Å². The second-order valence-electron chi connectivity index (χ2n) is 6.37. The summed E-state index contributed by atoms with van der Waals surface area (Å²) in [5, 5.41) is -0.0506. The molecular weight excluding hydrogens is 395 g/mol. The summed E-state index contributed by atoms with van der Waals surface area (Å²) in [7, 11) is 0. The van der Waals surface area contributed by atoms with Gasteiger partial charge in [-0.05, 0) is 72.4 Å². The third-order valence-corrected chi connectivity index (χ3v) is 5.87. The van der Waals surface area contributed by atoms with E-state index in [1.54, 1.807) is 0 Å². The summed E-state index contributed by atoms with van der Waals surface area (Å²) in [6.45, 7) is 5.42. The largest absolute Gasteiger partial charge is 0.326 e. The van der Waals surface area contributed by atoms with E-state index in [1.807, 2.05) is 6.92 Å². The summed E-state index contributed by atoms with van der Waals surface area (Å²) in [5.41, 5.74) is 2.75. The molecule has 1 unspecified atom stereocenters. The van der Waals surface area contributed by atoms with Gasteiger partial charge in [-0.2, -0.15) is 0 Å². The average molecular weight is 417 g/mol. The van der Waals surface area contributed by atoms with E-state index in [9.17, 15) is 0 Å². The number of benzene rings is 1. The Bertz CT molecular complexity index is 642.